The van der Waals surface area contributed by atoms with Crippen LogP contribution in [0.1, 0.15) is 74.5 Å². The highest BCUT2D eigenvalue weighted by Crippen LogP contribution is 2.49. The van der Waals surface area contributed by atoms with Crippen molar-refractivity contribution >= 4 is 23.2 Å². The molecule has 4 rings (SSSR count). The van der Waals surface area contributed by atoms with Crippen LogP contribution in [0, 0.1) is 5.41 Å². The normalized spacial score (nSPS) is 29.0. The summed E-state index contributed by atoms with van der Waals surface area (Å²) in [4.78, 5) is 33.0. The van der Waals surface area contributed by atoms with Crippen LogP contribution in [0.3, 0.4) is 0 Å². The zero-order valence-electron chi connectivity index (χ0n) is 16.7. The summed E-state index contributed by atoms with van der Waals surface area (Å²) in [6.45, 7) is 12.3. The molecule has 3 fully saturated rings. The first-order chi connectivity index (χ1) is 12.6. The minimum Gasteiger partial charge on any atom is -0.346 e. The highest BCUT2D eigenvalue weighted by atomic mass is 32.1. The van der Waals surface area contributed by atoms with E-state index in [0.29, 0.717) is 4.88 Å². The Labute approximate surface area is 165 Å². The first kappa shape index (κ1) is 18.7. The number of fused-ring (bicyclic) bond motifs is 2. The maximum absolute atomic E-state index is 13.1. The van der Waals surface area contributed by atoms with E-state index in [4.69, 9.17) is 0 Å². The number of nitrogens with one attached hydrogen (secondary N) is 1. The van der Waals surface area contributed by atoms with Crippen molar-refractivity contribution in [2.24, 2.45) is 5.41 Å². The standard InChI is InChI=1S/C21H29N3O2S/c1-12-9-21(5,10-12)19(26)24-13-6-7-15(24)14(8-13)23-17(25)16-11-22-18(27-16)20(2,3)4/h11,13-15H,1,6-10H2,2-5H3,(H,23,25)/t13-,14+,15+/m0/s1. The second-order valence-corrected chi connectivity index (χ2v) is 10.8. The molecule has 2 amide bonds. The van der Waals surface area contributed by atoms with Gasteiger partial charge in [-0.3, -0.25) is 9.59 Å². The Kier molecular flexibility index (Phi) is 4.26. The molecule has 3 atom stereocenters. The fraction of sp³-hybridized carbons (Fsp3) is 0.667. The molecule has 0 radical (unpaired) electrons. The van der Waals surface area contributed by atoms with Crippen LogP contribution in [-0.4, -0.2) is 39.8 Å². The van der Waals surface area contributed by atoms with Gasteiger partial charge in [-0.25, -0.2) is 4.98 Å². The summed E-state index contributed by atoms with van der Waals surface area (Å²) in [5, 5.41) is 4.16. The summed E-state index contributed by atoms with van der Waals surface area (Å²) in [5.41, 5.74) is 0.832. The van der Waals surface area contributed by atoms with Gasteiger partial charge in [-0.05, 0) is 32.1 Å². The summed E-state index contributed by atoms with van der Waals surface area (Å²) in [7, 11) is 0. The largest absolute Gasteiger partial charge is 0.346 e. The van der Waals surface area contributed by atoms with Gasteiger partial charge in [0.05, 0.1) is 28.7 Å². The van der Waals surface area contributed by atoms with Crippen molar-refractivity contribution in [1.29, 1.82) is 0 Å². The van der Waals surface area contributed by atoms with Crippen LogP contribution >= 0.6 is 11.3 Å². The SMILES string of the molecule is C=C1CC(C)(C(=O)N2[C@H]3CC[C@@H]2[C@H](NC(=O)c2cnc(C(C)(C)C)s2)C3)C1. The second-order valence-electron chi connectivity index (χ2n) is 9.77. The number of aromatic nitrogens is 1. The van der Waals surface area contributed by atoms with E-state index in [1.165, 1.54) is 16.9 Å². The lowest BCUT2D eigenvalue weighted by atomic mass is 9.66. The van der Waals surface area contributed by atoms with Crippen LogP contribution in [0.2, 0.25) is 0 Å². The van der Waals surface area contributed by atoms with Gasteiger partial charge in [0.25, 0.3) is 5.91 Å². The van der Waals surface area contributed by atoms with Gasteiger partial charge >= 0.3 is 0 Å². The molecule has 6 heteroatoms. The number of carbonyl (C=O) groups is 2. The van der Waals surface area contributed by atoms with Crippen molar-refractivity contribution < 1.29 is 9.59 Å². The molecule has 2 bridgehead atoms. The number of thiazole rings is 1. The Morgan fingerprint density at radius 3 is 2.63 bits per heavy atom. The van der Waals surface area contributed by atoms with E-state index in [2.05, 4.69) is 49.5 Å². The summed E-state index contributed by atoms with van der Waals surface area (Å²) in [6.07, 6.45) is 6.18. The van der Waals surface area contributed by atoms with Gasteiger partial charge in [0.2, 0.25) is 5.91 Å². The van der Waals surface area contributed by atoms with Gasteiger partial charge in [-0.2, -0.15) is 0 Å². The maximum atomic E-state index is 13.1. The number of rotatable bonds is 3. The zero-order valence-corrected chi connectivity index (χ0v) is 17.5. The topological polar surface area (TPSA) is 62.3 Å². The molecular formula is C21H29N3O2S. The minimum absolute atomic E-state index is 0.0484. The van der Waals surface area contributed by atoms with Crippen molar-refractivity contribution in [2.75, 3.05) is 0 Å². The molecule has 1 aromatic heterocycles. The lowest BCUT2D eigenvalue weighted by Gasteiger charge is -2.42. The smallest absolute Gasteiger partial charge is 0.263 e. The Balaban J connectivity index is 1.44. The third-order valence-electron chi connectivity index (χ3n) is 6.26. The predicted molar refractivity (Wildman–Crippen MR) is 107 cm³/mol. The molecule has 0 spiro atoms. The van der Waals surface area contributed by atoms with Crippen molar-refractivity contribution in [2.45, 2.75) is 83.3 Å². The highest BCUT2D eigenvalue weighted by molar-refractivity contribution is 7.13. The molecule has 27 heavy (non-hydrogen) atoms. The molecular weight excluding hydrogens is 358 g/mol. The van der Waals surface area contributed by atoms with Crippen LogP contribution in [0.15, 0.2) is 18.3 Å². The van der Waals surface area contributed by atoms with Gasteiger partial charge < -0.3 is 10.2 Å². The second kappa shape index (κ2) is 6.16. The molecule has 0 unspecified atom stereocenters. The zero-order chi connectivity index (χ0) is 19.6. The molecule has 3 heterocycles. The van der Waals surface area contributed by atoms with Crippen molar-refractivity contribution in [3.63, 3.8) is 0 Å². The fourth-order valence-corrected chi connectivity index (χ4v) is 5.82. The highest BCUT2D eigenvalue weighted by Gasteiger charge is 2.54. The molecule has 1 aromatic rings. The fourth-order valence-electron chi connectivity index (χ4n) is 4.94. The van der Waals surface area contributed by atoms with E-state index in [0.717, 1.165) is 37.1 Å². The van der Waals surface area contributed by atoms with E-state index < -0.39 is 0 Å². The van der Waals surface area contributed by atoms with Crippen molar-refractivity contribution in [3.05, 3.63) is 28.2 Å². The van der Waals surface area contributed by atoms with Crippen LogP contribution in [0.25, 0.3) is 0 Å². The Hall–Kier alpha value is -1.69. The van der Waals surface area contributed by atoms with E-state index >= 15 is 0 Å². The Morgan fingerprint density at radius 1 is 1.33 bits per heavy atom. The Bertz CT molecular complexity index is 799. The first-order valence-electron chi connectivity index (χ1n) is 9.85. The lowest BCUT2D eigenvalue weighted by Crippen LogP contribution is -2.51. The Morgan fingerprint density at radius 2 is 2.04 bits per heavy atom. The maximum Gasteiger partial charge on any atom is 0.263 e. The number of nitrogens with zero attached hydrogens (tertiary/aromatic N) is 2. The molecule has 1 saturated carbocycles. The monoisotopic (exact) mass is 387 g/mol. The molecule has 1 aliphatic carbocycles. The molecule has 3 aliphatic rings. The van der Waals surface area contributed by atoms with E-state index in [1.54, 1.807) is 6.20 Å². The first-order valence-corrected chi connectivity index (χ1v) is 10.7. The predicted octanol–water partition coefficient (Wildman–Crippen LogP) is 3.66. The molecule has 2 saturated heterocycles. The quantitative estimate of drug-likeness (QED) is 0.805. The summed E-state index contributed by atoms with van der Waals surface area (Å²) in [6, 6.07) is 0.449. The summed E-state index contributed by atoms with van der Waals surface area (Å²) >= 11 is 1.46. The minimum atomic E-state index is -0.282. The number of hydrogen-bond acceptors (Lipinski definition) is 4. The molecule has 5 nitrogen and oxygen atoms in total. The number of hydrogen-bond donors (Lipinski definition) is 1. The summed E-state index contributed by atoms with van der Waals surface area (Å²) in [5.74, 6) is 0.197. The molecule has 0 aromatic carbocycles. The molecule has 146 valence electrons. The number of carbonyl (C=O) groups excluding carboxylic acids is 2. The van der Waals surface area contributed by atoms with Crippen molar-refractivity contribution in [1.82, 2.24) is 15.2 Å². The van der Waals surface area contributed by atoms with Gasteiger partial charge in [-0.1, -0.05) is 39.8 Å². The molecule has 1 N–H and O–H groups in total. The van der Waals surface area contributed by atoms with Gasteiger partial charge in [0.15, 0.2) is 0 Å². The number of amides is 2. The van der Waals surface area contributed by atoms with Crippen molar-refractivity contribution in [3.8, 4) is 0 Å². The summed E-state index contributed by atoms with van der Waals surface area (Å²) < 4.78 is 0. The van der Waals surface area contributed by atoms with Crippen LogP contribution in [0.5, 0.6) is 0 Å². The van der Waals surface area contributed by atoms with Gasteiger partial charge in [-0.15, -0.1) is 11.3 Å². The van der Waals surface area contributed by atoms with Crippen LogP contribution < -0.4 is 5.32 Å². The third kappa shape index (κ3) is 3.12. The third-order valence-corrected chi connectivity index (χ3v) is 7.68. The van der Waals surface area contributed by atoms with E-state index in [9.17, 15) is 9.59 Å². The van der Waals surface area contributed by atoms with E-state index in [1.807, 2.05) is 0 Å². The van der Waals surface area contributed by atoms with E-state index in [-0.39, 0.29) is 40.8 Å². The lowest BCUT2D eigenvalue weighted by molar-refractivity contribution is -0.145. The van der Waals surface area contributed by atoms with Gasteiger partial charge in [0.1, 0.15) is 4.88 Å². The average Bonchev–Trinajstić information content (AvgIpc) is 3.26. The van der Waals surface area contributed by atoms with Crippen LogP contribution in [0.4, 0.5) is 0 Å². The van der Waals surface area contributed by atoms with Crippen LogP contribution in [-0.2, 0) is 10.2 Å². The van der Waals surface area contributed by atoms with Gasteiger partial charge in [0, 0.05) is 11.5 Å². The molecule has 2 aliphatic heterocycles. The average molecular weight is 388 g/mol. The number of allylic oxidation sites excluding steroid dienone is 1.